The molecule has 16 heavy (non-hydrogen) atoms. The molecular formula is C13H12N2S. The summed E-state index contributed by atoms with van der Waals surface area (Å²) in [7, 11) is 0. The van der Waals surface area contributed by atoms with Crippen LogP contribution in [0.1, 0.15) is 15.3 Å². The summed E-state index contributed by atoms with van der Waals surface area (Å²) in [5.41, 5.74) is 9.88. The maximum Gasteiger partial charge on any atom is 0.128 e. The Hall–Kier alpha value is -1.79. The van der Waals surface area contributed by atoms with E-state index in [0.717, 1.165) is 16.0 Å². The Kier molecular flexibility index (Phi) is 2.67. The van der Waals surface area contributed by atoms with Crippen molar-refractivity contribution in [2.45, 2.75) is 13.8 Å². The molecule has 2 nitrogen and oxygen atoms in total. The highest BCUT2D eigenvalue weighted by Gasteiger charge is 2.14. The molecule has 0 aliphatic rings. The van der Waals surface area contributed by atoms with E-state index in [1.54, 1.807) is 0 Å². The molecule has 0 atom stereocenters. The maximum atomic E-state index is 8.94. The third-order valence-corrected chi connectivity index (χ3v) is 3.56. The normalized spacial score (nSPS) is 10.1. The second kappa shape index (κ2) is 3.99. The maximum absolute atomic E-state index is 8.94. The van der Waals surface area contributed by atoms with Crippen LogP contribution in [0.5, 0.6) is 0 Å². The summed E-state index contributed by atoms with van der Waals surface area (Å²) in [5.74, 6) is 0. The predicted octanol–water partition coefficient (Wildman–Crippen LogP) is 3.49. The van der Waals surface area contributed by atoms with Gasteiger partial charge in [0.2, 0.25) is 0 Å². The SMILES string of the molecule is Cc1cccc(-c2c(C)sc(C#N)c2N)c1. The second-order valence-electron chi connectivity index (χ2n) is 3.76. The number of thiophene rings is 1. The van der Waals surface area contributed by atoms with E-state index >= 15 is 0 Å². The monoisotopic (exact) mass is 228 g/mol. The molecule has 2 N–H and O–H groups in total. The smallest absolute Gasteiger partial charge is 0.128 e. The third kappa shape index (κ3) is 1.68. The van der Waals surface area contributed by atoms with Crippen LogP contribution in [0.25, 0.3) is 11.1 Å². The molecule has 0 saturated heterocycles. The molecule has 0 fully saturated rings. The number of hydrogen-bond acceptors (Lipinski definition) is 3. The Balaban J connectivity index is 2.65. The van der Waals surface area contributed by atoms with E-state index in [9.17, 15) is 0 Å². The first-order valence-electron chi connectivity index (χ1n) is 4.99. The number of anilines is 1. The van der Waals surface area contributed by atoms with Gasteiger partial charge >= 0.3 is 0 Å². The molecule has 1 heterocycles. The quantitative estimate of drug-likeness (QED) is 0.812. The molecule has 0 amide bonds. The van der Waals surface area contributed by atoms with Crippen molar-refractivity contribution in [2.75, 3.05) is 5.73 Å². The molecule has 0 radical (unpaired) electrons. The van der Waals surface area contributed by atoms with E-state index in [0.29, 0.717) is 10.6 Å². The number of rotatable bonds is 1. The lowest BCUT2D eigenvalue weighted by atomic mass is 10.0. The van der Waals surface area contributed by atoms with Crippen molar-refractivity contribution in [2.24, 2.45) is 0 Å². The minimum atomic E-state index is 0.606. The van der Waals surface area contributed by atoms with Gasteiger partial charge in [-0.2, -0.15) is 5.26 Å². The summed E-state index contributed by atoms with van der Waals surface area (Å²) in [6.07, 6.45) is 0. The molecule has 80 valence electrons. The van der Waals surface area contributed by atoms with Gasteiger partial charge in [0, 0.05) is 10.4 Å². The summed E-state index contributed by atoms with van der Waals surface area (Å²) in [6.45, 7) is 4.05. The van der Waals surface area contributed by atoms with Gasteiger partial charge in [-0.25, -0.2) is 0 Å². The minimum absolute atomic E-state index is 0.606. The Labute approximate surface area is 99.0 Å². The van der Waals surface area contributed by atoms with Crippen LogP contribution in [-0.2, 0) is 0 Å². The molecular weight excluding hydrogens is 216 g/mol. The van der Waals surface area contributed by atoms with Gasteiger partial charge in [-0.1, -0.05) is 29.8 Å². The number of hydrogen-bond donors (Lipinski definition) is 1. The van der Waals surface area contributed by atoms with Crippen LogP contribution in [0.2, 0.25) is 0 Å². The van der Waals surface area contributed by atoms with Crippen LogP contribution in [0.3, 0.4) is 0 Å². The van der Waals surface area contributed by atoms with Crippen molar-refractivity contribution in [3.8, 4) is 17.2 Å². The van der Waals surface area contributed by atoms with E-state index in [-0.39, 0.29) is 0 Å². The number of benzene rings is 1. The van der Waals surface area contributed by atoms with Crippen LogP contribution in [0.4, 0.5) is 5.69 Å². The van der Waals surface area contributed by atoms with Gasteiger partial charge in [-0.3, -0.25) is 0 Å². The average molecular weight is 228 g/mol. The van der Waals surface area contributed by atoms with E-state index in [4.69, 9.17) is 11.0 Å². The fraction of sp³-hybridized carbons (Fsp3) is 0.154. The summed E-state index contributed by atoms with van der Waals surface area (Å²) < 4.78 is 0. The van der Waals surface area contributed by atoms with Gasteiger partial charge in [-0.15, -0.1) is 11.3 Å². The molecule has 0 unspecified atom stereocenters. The number of nitriles is 1. The van der Waals surface area contributed by atoms with Crippen LogP contribution < -0.4 is 5.73 Å². The zero-order valence-electron chi connectivity index (χ0n) is 9.24. The molecule has 1 aromatic carbocycles. The summed E-state index contributed by atoms with van der Waals surface area (Å²) in [5, 5.41) is 8.94. The van der Waals surface area contributed by atoms with Gasteiger partial charge in [0.05, 0.1) is 5.69 Å². The molecule has 2 aromatic rings. The molecule has 0 aliphatic carbocycles. The Morgan fingerprint density at radius 1 is 1.31 bits per heavy atom. The van der Waals surface area contributed by atoms with Crippen LogP contribution in [0.15, 0.2) is 24.3 Å². The largest absolute Gasteiger partial charge is 0.396 e. The minimum Gasteiger partial charge on any atom is -0.396 e. The van der Waals surface area contributed by atoms with Crippen LogP contribution in [0, 0.1) is 25.2 Å². The topological polar surface area (TPSA) is 49.8 Å². The lowest BCUT2D eigenvalue weighted by Gasteiger charge is -2.03. The Bertz CT molecular complexity index is 576. The van der Waals surface area contributed by atoms with Crippen molar-refractivity contribution in [1.82, 2.24) is 0 Å². The Morgan fingerprint density at radius 2 is 2.06 bits per heavy atom. The summed E-state index contributed by atoms with van der Waals surface area (Å²) in [6, 6.07) is 10.3. The van der Waals surface area contributed by atoms with Gasteiger partial charge in [0.1, 0.15) is 10.9 Å². The van der Waals surface area contributed by atoms with Crippen molar-refractivity contribution >= 4 is 17.0 Å². The molecule has 2 rings (SSSR count). The predicted molar refractivity (Wildman–Crippen MR) is 68.4 cm³/mol. The van der Waals surface area contributed by atoms with Crippen LogP contribution in [-0.4, -0.2) is 0 Å². The third-order valence-electron chi connectivity index (χ3n) is 2.53. The van der Waals surface area contributed by atoms with Crippen molar-refractivity contribution < 1.29 is 0 Å². The highest BCUT2D eigenvalue weighted by Crippen LogP contribution is 2.38. The molecule has 0 aliphatic heterocycles. The summed E-state index contributed by atoms with van der Waals surface area (Å²) in [4.78, 5) is 1.70. The van der Waals surface area contributed by atoms with E-state index in [1.165, 1.54) is 16.9 Å². The van der Waals surface area contributed by atoms with Crippen molar-refractivity contribution in [3.63, 3.8) is 0 Å². The lowest BCUT2D eigenvalue weighted by molar-refractivity contribution is 1.46. The fourth-order valence-corrected chi connectivity index (χ4v) is 2.70. The molecule has 3 heteroatoms. The number of nitrogens with two attached hydrogens (primary N) is 1. The highest BCUT2D eigenvalue weighted by molar-refractivity contribution is 7.13. The van der Waals surface area contributed by atoms with Gasteiger partial charge < -0.3 is 5.73 Å². The van der Waals surface area contributed by atoms with Crippen molar-refractivity contribution in [1.29, 1.82) is 5.26 Å². The zero-order chi connectivity index (χ0) is 11.7. The second-order valence-corrected chi connectivity index (χ2v) is 4.98. The fourth-order valence-electron chi connectivity index (χ4n) is 1.80. The molecule has 0 spiro atoms. The lowest BCUT2D eigenvalue weighted by Crippen LogP contribution is -1.89. The molecule has 1 aromatic heterocycles. The Morgan fingerprint density at radius 3 is 2.62 bits per heavy atom. The first-order valence-corrected chi connectivity index (χ1v) is 5.81. The van der Waals surface area contributed by atoms with E-state index in [2.05, 4.69) is 12.1 Å². The van der Waals surface area contributed by atoms with Gasteiger partial charge in [0.25, 0.3) is 0 Å². The van der Waals surface area contributed by atoms with Gasteiger partial charge in [-0.05, 0) is 19.4 Å². The number of nitrogen functional groups attached to an aromatic ring is 1. The van der Waals surface area contributed by atoms with Crippen molar-refractivity contribution in [3.05, 3.63) is 39.6 Å². The number of aryl methyl sites for hydroxylation is 2. The number of nitrogens with zero attached hydrogens (tertiary/aromatic N) is 1. The average Bonchev–Trinajstić information content (AvgIpc) is 2.53. The van der Waals surface area contributed by atoms with E-state index in [1.807, 2.05) is 32.0 Å². The van der Waals surface area contributed by atoms with E-state index < -0.39 is 0 Å². The standard InChI is InChI=1S/C13H12N2S/c1-8-4-3-5-10(6-8)12-9(2)16-11(7-14)13(12)15/h3-6H,15H2,1-2H3. The molecule has 0 saturated carbocycles. The first kappa shape index (κ1) is 10.7. The van der Waals surface area contributed by atoms with Gasteiger partial charge in [0.15, 0.2) is 0 Å². The summed E-state index contributed by atoms with van der Waals surface area (Å²) >= 11 is 1.46. The van der Waals surface area contributed by atoms with Crippen LogP contribution >= 0.6 is 11.3 Å². The highest BCUT2D eigenvalue weighted by atomic mass is 32.1. The first-order chi connectivity index (χ1) is 7.63. The molecule has 0 bridgehead atoms. The zero-order valence-corrected chi connectivity index (χ0v) is 10.1.